The predicted octanol–water partition coefficient (Wildman–Crippen LogP) is 1.90. The van der Waals surface area contributed by atoms with Crippen molar-refractivity contribution in [1.82, 2.24) is 0 Å². The number of carbonyl (C=O) groups is 1. The highest BCUT2D eigenvalue weighted by Crippen LogP contribution is 2.27. The topological polar surface area (TPSA) is 37.3 Å². The van der Waals surface area contributed by atoms with Gasteiger partial charge in [-0.25, -0.2) is 4.79 Å². The first-order valence-electron chi connectivity index (χ1n) is 5.10. The van der Waals surface area contributed by atoms with Crippen molar-refractivity contribution in [3.05, 3.63) is 11.3 Å². The maximum absolute atomic E-state index is 10.5. The summed E-state index contributed by atoms with van der Waals surface area (Å²) in [6.07, 6.45) is 6.78. The highest BCUT2D eigenvalue weighted by Gasteiger charge is 2.12. The molecule has 13 heavy (non-hydrogen) atoms. The zero-order chi connectivity index (χ0) is 9.68. The van der Waals surface area contributed by atoms with Crippen LogP contribution in [0.5, 0.6) is 0 Å². The van der Waals surface area contributed by atoms with Gasteiger partial charge in [-0.2, -0.15) is 0 Å². The Kier molecular flexibility index (Phi) is 4.22. The molecule has 0 aromatic carbocycles. The van der Waals surface area contributed by atoms with E-state index < -0.39 is 5.97 Å². The van der Waals surface area contributed by atoms with Crippen LogP contribution in [0.25, 0.3) is 0 Å². The van der Waals surface area contributed by atoms with Crippen molar-refractivity contribution >= 4 is 15.5 Å². The van der Waals surface area contributed by atoms with Gasteiger partial charge >= 0.3 is 5.97 Å². The van der Waals surface area contributed by atoms with E-state index in [2.05, 4.69) is 0 Å². The molecule has 2 nitrogen and oxygen atoms in total. The Balaban J connectivity index is 2.31. The summed E-state index contributed by atoms with van der Waals surface area (Å²) in [6.45, 7) is 1.71. The lowest BCUT2D eigenvalue weighted by Crippen LogP contribution is -2.08. The molecule has 0 unspecified atom stereocenters. The second kappa shape index (κ2) is 5.22. The second-order valence-electron chi connectivity index (χ2n) is 3.93. The smallest absolute Gasteiger partial charge is 0.330 e. The minimum Gasteiger partial charge on any atom is -0.478 e. The zero-order valence-corrected chi connectivity index (χ0v) is 9.67. The molecule has 0 aromatic heterocycles. The highest BCUT2D eigenvalue weighted by atomic mass is 28.2. The van der Waals surface area contributed by atoms with Gasteiger partial charge in [0, 0.05) is 15.1 Å². The van der Waals surface area contributed by atoms with Crippen molar-refractivity contribution in [2.75, 3.05) is 0 Å². The third kappa shape index (κ3) is 3.76. The standard InChI is InChI=1S/C10H18O2Si/c1-8(10(11)12)7-13-9-5-3-2-4-6-9/h7,9H,2-6,13H2,1H3,(H,11,12). The molecule has 0 atom stereocenters. The largest absolute Gasteiger partial charge is 0.478 e. The predicted molar refractivity (Wildman–Crippen MR) is 56.8 cm³/mol. The number of hydrogen-bond donors (Lipinski definition) is 1. The molecule has 0 saturated heterocycles. The summed E-state index contributed by atoms with van der Waals surface area (Å²) < 4.78 is 0. The Bertz CT molecular complexity index is 205. The van der Waals surface area contributed by atoms with Crippen LogP contribution in [0, 0.1) is 0 Å². The van der Waals surface area contributed by atoms with E-state index in [-0.39, 0.29) is 9.52 Å². The molecular weight excluding hydrogens is 180 g/mol. The average Bonchev–Trinajstić information content (AvgIpc) is 2.15. The summed E-state index contributed by atoms with van der Waals surface area (Å²) in [7, 11) is -0.268. The van der Waals surface area contributed by atoms with Crippen molar-refractivity contribution in [1.29, 1.82) is 0 Å². The molecule has 1 fully saturated rings. The quantitative estimate of drug-likeness (QED) is 0.555. The molecule has 0 aliphatic heterocycles. The van der Waals surface area contributed by atoms with E-state index in [0.29, 0.717) is 5.57 Å². The maximum Gasteiger partial charge on any atom is 0.330 e. The van der Waals surface area contributed by atoms with Gasteiger partial charge in [0.05, 0.1) is 0 Å². The van der Waals surface area contributed by atoms with Gasteiger partial charge in [0.25, 0.3) is 0 Å². The van der Waals surface area contributed by atoms with E-state index in [1.165, 1.54) is 32.1 Å². The molecular formula is C10H18O2Si. The number of aliphatic carboxylic acids is 1. The summed E-state index contributed by atoms with van der Waals surface area (Å²) in [5, 5.41) is 8.67. The Hall–Kier alpha value is -0.573. The van der Waals surface area contributed by atoms with Crippen LogP contribution in [-0.2, 0) is 4.79 Å². The van der Waals surface area contributed by atoms with Gasteiger partial charge in [0.2, 0.25) is 0 Å². The fourth-order valence-corrected chi connectivity index (χ4v) is 3.76. The molecule has 0 radical (unpaired) electrons. The van der Waals surface area contributed by atoms with Gasteiger partial charge in [0.15, 0.2) is 0 Å². The third-order valence-electron chi connectivity index (χ3n) is 2.82. The highest BCUT2D eigenvalue weighted by molar-refractivity contribution is 6.44. The molecule has 3 heteroatoms. The van der Waals surface area contributed by atoms with Crippen LogP contribution in [0.2, 0.25) is 5.54 Å². The first kappa shape index (κ1) is 10.5. The van der Waals surface area contributed by atoms with Gasteiger partial charge in [-0.05, 0) is 12.5 Å². The molecule has 0 aromatic rings. The van der Waals surface area contributed by atoms with Crippen molar-refractivity contribution in [2.24, 2.45) is 0 Å². The van der Waals surface area contributed by atoms with Crippen molar-refractivity contribution in [3.63, 3.8) is 0 Å². The fraction of sp³-hybridized carbons (Fsp3) is 0.700. The van der Waals surface area contributed by atoms with E-state index in [4.69, 9.17) is 5.11 Å². The van der Waals surface area contributed by atoms with Gasteiger partial charge in [-0.1, -0.05) is 37.8 Å². The molecule has 0 bridgehead atoms. The summed E-state index contributed by atoms with van der Waals surface area (Å²) in [5.74, 6) is -0.747. The Morgan fingerprint density at radius 2 is 2.00 bits per heavy atom. The minimum atomic E-state index is -0.747. The van der Waals surface area contributed by atoms with Crippen LogP contribution < -0.4 is 0 Å². The summed E-state index contributed by atoms with van der Waals surface area (Å²) in [6, 6.07) is 0. The summed E-state index contributed by atoms with van der Waals surface area (Å²) in [4.78, 5) is 10.5. The average molecular weight is 198 g/mol. The van der Waals surface area contributed by atoms with Gasteiger partial charge in [0.1, 0.15) is 0 Å². The van der Waals surface area contributed by atoms with E-state index >= 15 is 0 Å². The van der Waals surface area contributed by atoms with Crippen LogP contribution >= 0.6 is 0 Å². The Morgan fingerprint density at radius 3 is 2.54 bits per heavy atom. The van der Waals surface area contributed by atoms with Crippen molar-refractivity contribution < 1.29 is 9.90 Å². The summed E-state index contributed by atoms with van der Waals surface area (Å²) in [5.41, 5.74) is 3.44. The van der Waals surface area contributed by atoms with Crippen LogP contribution in [0.4, 0.5) is 0 Å². The molecule has 1 aliphatic rings. The number of hydrogen-bond acceptors (Lipinski definition) is 1. The Morgan fingerprint density at radius 1 is 1.38 bits per heavy atom. The van der Waals surface area contributed by atoms with E-state index in [9.17, 15) is 4.79 Å². The maximum atomic E-state index is 10.5. The molecule has 1 saturated carbocycles. The second-order valence-corrected chi connectivity index (χ2v) is 5.97. The summed E-state index contributed by atoms with van der Waals surface area (Å²) >= 11 is 0. The van der Waals surface area contributed by atoms with Gasteiger partial charge in [-0.15, -0.1) is 0 Å². The monoisotopic (exact) mass is 198 g/mol. The zero-order valence-electron chi connectivity index (χ0n) is 8.25. The molecule has 1 aliphatic carbocycles. The first-order valence-corrected chi connectivity index (χ1v) is 6.73. The number of carboxylic acid groups (broad SMARTS) is 1. The molecule has 74 valence electrons. The molecule has 1 rings (SSSR count). The van der Waals surface area contributed by atoms with Crippen molar-refractivity contribution in [3.8, 4) is 0 Å². The van der Waals surface area contributed by atoms with E-state index in [0.717, 1.165) is 5.54 Å². The molecule has 1 N–H and O–H groups in total. The molecule has 0 spiro atoms. The normalized spacial score (nSPS) is 21.2. The van der Waals surface area contributed by atoms with E-state index in [1.54, 1.807) is 6.92 Å². The van der Waals surface area contributed by atoms with Crippen LogP contribution in [0.15, 0.2) is 11.3 Å². The minimum absolute atomic E-state index is 0.268. The number of carboxylic acids is 1. The van der Waals surface area contributed by atoms with Crippen LogP contribution in [0.1, 0.15) is 39.0 Å². The van der Waals surface area contributed by atoms with Gasteiger partial charge < -0.3 is 5.11 Å². The lowest BCUT2D eigenvalue weighted by Gasteiger charge is -2.19. The Labute approximate surface area is 81.9 Å². The molecule has 0 amide bonds. The lowest BCUT2D eigenvalue weighted by atomic mass is 10.0. The van der Waals surface area contributed by atoms with Gasteiger partial charge in [-0.3, -0.25) is 0 Å². The van der Waals surface area contributed by atoms with Crippen molar-refractivity contribution in [2.45, 2.75) is 44.6 Å². The van der Waals surface area contributed by atoms with E-state index in [1.807, 2.05) is 5.70 Å². The lowest BCUT2D eigenvalue weighted by molar-refractivity contribution is -0.132. The van der Waals surface area contributed by atoms with Crippen LogP contribution in [-0.4, -0.2) is 20.6 Å². The van der Waals surface area contributed by atoms with Crippen LogP contribution in [0.3, 0.4) is 0 Å². The molecule has 0 heterocycles. The first-order chi connectivity index (χ1) is 6.20. The fourth-order valence-electron chi connectivity index (χ4n) is 1.85. The number of rotatable bonds is 3. The third-order valence-corrected chi connectivity index (χ3v) is 5.15. The SMILES string of the molecule is CC(=C[SiH2]C1CCCCC1)C(=O)O.